The molecule has 1 saturated carbocycles. The van der Waals surface area contributed by atoms with Gasteiger partial charge in [-0.25, -0.2) is 4.39 Å². The lowest BCUT2D eigenvalue weighted by Crippen LogP contribution is -2.44. The number of rotatable bonds is 5. The first-order valence-electron chi connectivity index (χ1n) is 7.73. The van der Waals surface area contributed by atoms with E-state index in [1.54, 1.807) is 0 Å². The number of nitrogens with one attached hydrogen (secondary N) is 1. The molecule has 20 heavy (non-hydrogen) atoms. The van der Waals surface area contributed by atoms with Crippen molar-refractivity contribution in [1.29, 1.82) is 0 Å². The zero-order valence-electron chi connectivity index (χ0n) is 12.5. The fourth-order valence-electron chi connectivity index (χ4n) is 2.91. The van der Waals surface area contributed by atoms with Gasteiger partial charge in [-0.3, -0.25) is 0 Å². The molecule has 0 saturated heterocycles. The van der Waals surface area contributed by atoms with Gasteiger partial charge in [0, 0.05) is 12.1 Å². The summed E-state index contributed by atoms with van der Waals surface area (Å²) in [6.45, 7) is 4.44. The Kier molecular flexibility index (Phi) is 5.55. The van der Waals surface area contributed by atoms with Crippen LogP contribution in [0.5, 0.6) is 0 Å². The largest absolute Gasteiger partial charge is 0.393 e. The second-order valence-corrected chi connectivity index (χ2v) is 6.35. The van der Waals surface area contributed by atoms with E-state index in [2.05, 4.69) is 19.2 Å². The van der Waals surface area contributed by atoms with E-state index in [1.807, 2.05) is 12.1 Å². The Morgan fingerprint density at radius 1 is 1.15 bits per heavy atom. The quantitative estimate of drug-likeness (QED) is 0.867. The highest BCUT2D eigenvalue weighted by Crippen LogP contribution is 2.21. The summed E-state index contributed by atoms with van der Waals surface area (Å²) in [5.41, 5.74) is 1.17. The van der Waals surface area contributed by atoms with Crippen molar-refractivity contribution in [2.75, 3.05) is 0 Å². The maximum absolute atomic E-state index is 13.0. The van der Waals surface area contributed by atoms with E-state index in [1.165, 1.54) is 17.7 Å². The van der Waals surface area contributed by atoms with Crippen molar-refractivity contribution in [3.05, 3.63) is 35.6 Å². The monoisotopic (exact) mass is 279 g/mol. The van der Waals surface area contributed by atoms with E-state index in [-0.39, 0.29) is 11.9 Å². The van der Waals surface area contributed by atoms with Gasteiger partial charge in [-0.1, -0.05) is 26.0 Å². The minimum atomic E-state index is -0.177. The molecule has 0 heterocycles. The third-order valence-corrected chi connectivity index (χ3v) is 4.32. The van der Waals surface area contributed by atoms with Crippen LogP contribution in [0.2, 0.25) is 0 Å². The number of hydrogen-bond acceptors (Lipinski definition) is 2. The van der Waals surface area contributed by atoms with Gasteiger partial charge in [0.05, 0.1) is 6.10 Å². The van der Waals surface area contributed by atoms with Crippen molar-refractivity contribution >= 4 is 0 Å². The lowest BCUT2D eigenvalue weighted by atomic mass is 9.90. The van der Waals surface area contributed by atoms with Gasteiger partial charge in [0.1, 0.15) is 5.82 Å². The van der Waals surface area contributed by atoms with E-state index >= 15 is 0 Å². The average molecular weight is 279 g/mol. The van der Waals surface area contributed by atoms with Crippen LogP contribution >= 0.6 is 0 Å². The summed E-state index contributed by atoms with van der Waals surface area (Å²) in [5, 5.41) is 13.3. The molecule has 1 aliphatic carbocycles. The minimum Gasteiger partial charge on any atom is -0.393 e. The molecule has 0 amide bonds. The molecule has 1 atom stereocenters. The van der Waals surface area contributed by atoms with E-state index in [0.717, 1.165) is 32.1 Å². The van der Waals surface area contributed by atoms with Crippen LogP contribution in [0.1, 0.15) is 45.1 Å². The fourth-order valence-corrected chi connectivity index (χ4v) is 2.91. The highest BCUT2D eigenvalue weighted by Gasteiger charge is 2.23. The molecule has 1 aliphatic rings. The molecule has 2 N–H and O–H groups in total. The molecule has 1 unspecified atom stereocenters. The predicted octanol–water partition coefficient (Wildman–Crippen LogP) is 3.29. The second kappa shape index (κ2) is 7.19. The van der Waals surface area contributed by atoms with E-state index in [9.17, 15) is 9.50 Å². The Morgan fingerprint density at radius 2 is 1.75 bits per heavy atom. The Balaban J connectivity index is 1.91. The summed E-state index contributed by atoms with van der Waals surface area (Å²) in [4.78, 5) is 0. The van der Waals surface area contributed by atoms with Gasteiger partial charge in [0.25, 0.3) is 0 Å². The fraction of sp³-hybridized carbons (Fsp3) is 0.647. The normalized spacial score (nSPS) is 24.9. The van der Waals surface area contributed by atoms with Gasteiger partial charge >= 0.3 is 0 Å². The van der Waals surface area contributed by atoms with E-state index in [4.69, 9.17) is 0 Å². The van der Waals surface area contributed by atoms with Gasteiger partial charge in [-0.2, -0.15) is 0 Å². The summed E-state index contributed by atoms with van der Waals surface area (Å²) in [6, 6.07) is 7.72. The Hall–Kier alpha value is -0.930. The third kappa shape index (κ3) is 4.57. The van der Waals surface area contributed by atoms with Crippen LogP contribution in [0.15, 0.2) is 24.3 Å². The molecule has 1 aromatic carbocycles. The van der Waals surface area contributed by atoms with Crippen molar-refractivity contribution in [3.8, 4) is 0 Å². The molecule has 0 aromatic heterocycles. The maximum atomic E-state index is 13.0. The highest BCUT2D eigenvalue weighted by molar-refractivity contribution is 5.17. The molecule has 1 fully saturated rings. The molecular formula is C17H26FNO. The highest BCUT2D eigenvalue weighted by atomic mass is 19.1. The summed E-state index contributed by atoms with van der Waals surface area (Å²) < 4.78 is 13.0. The molecule has 2 nitrogen and oxygen atoms in total. The van der Waals surface area contributed by atoms with Crippen molar-refractivity contribution in [2.24, 2.45) is 5.92 Å². The minimum absolute atomic E-state index is 0.109. The first kappa shape index (κ1) is 15.5. The van der Waals surface area contributed by atoms with Crippen molar-refractivity contribution in [1.82, 2.24) is 5.32 Å². The molecule has 1 aromatic rings. The molecule has 3 heteroatoms. The maximum Gasteiger partial charge on any atom is 0.123 e. The predicted molar refractivity (Wildman–Crippen MR) is 80.1 cm³/mol. The van der Waals surface area contributed by atoms with Gasteiger partial charge in [-0.05, 0) is 55.7 Å². The zero-order chi connectivity index (χ0) is 14.5. The molecule has 112 valence electrons. The molecule has 0 spiro atoms. The lowest BCUT2D eigenvalue weighted by molar-refractivity contribution is 0.112. The molecule has 0 bridgehead atoms. The first-order valence-corrected chi connectivity index (χ1v) is 7.73. The lowest BCUT2D eigenvalue weighted by Gasteiger charge is -2.32. The van der Waals surface area contributed by atoms with Crippen LogP contribution in [0.25, 0.3) is 0 Å². The summed E-state index contributed by atoms with van der Waals surface area (Å²) in [6.07, 6.45) is 4.72. The van der Waals surface area contributed by atoms with Crippen molar-refractivity contribution in [2.45, 2.75) is 64.1 Å². The zero-order valence-corrected chi connectivity index (χ0v) is 12.5. The van der Waals surface area contributed by atoms with Crippen molar-refractivity contribution in [3.63, 3.8) is 0 Å². The first-order chi connectivity index (χ1) is 9.54. The van der Waals surface area contributed by atoms with Crippen LogP contribution in [0.3, 0.4) is 0 Å². The molecule has 2 rings (SSSR count). The van der Waals surface area contributed by atoms with Gasteiger partial charge in [0.15, 0.2) is 0 Å². The van der Waals surface area contributed by atoms with E-state index < -0.39 is 0 Å². The van der Waals surface area contributed by atoms with E-state index in [0.29, 0.717) is 18.0 Å². The second-order valence-electron chi connectivity index (χ2n) is 6.35. The number of aliphatic hydroxyl groups excluding tert-OH is 1. The van der Waals surface area contributed by atoms with Crippen LogP contribution < -0.4 is 5.32 Å². The molecular weight excluding hydrogens is 253 g/mol. The SMILES string of the molecule is CC(C)C(Cc1ccc(F)cc1)NC1CCC(O)CC1. The van der Waals surface area contributed by atoms with Gasteiger partial charge < -0.3 is 10.4 Å². The van der Waals surface area contributed by atoms with Crippen LogP contribution in [-0.4, -0.2) is 23.3 Å². The number of aliphatic hydroxyl groups is 1. The number of benzene rings is 1. The van der Waals surface area contributed by atoms with Crippen LogP contribution in [0, 0.1) is 11.7 Å². The van der Waals surface area contributed by atoms with Crippen molar-refractivity contribution < 1.29 is 9.50 Å². The standard InChI is InChI=1S/C17H26FNO/c1-12(2)17(11-13-3-5-14(18)6-4-13)19-15-7-9-16(20)10-8-15/h3-6,12,15-17,19-20H,7-11H2,1-2H3. The Bertz CT molecular complexity index is 396. The number of hydrogen-bond donors (Lipinski definition) is 2. The summed E-state index contributed by atoms with van der Waals surface area (Å²) in [5.74, 6) is 0.357. The van der Waals surface area contributed by atoms with Gasteiger partial charge in [-0.15, -0.1) is 0 Å². The Morgan fingerprint density at radius 3 is 2.30 bits per heavy atom. The number of halogens is 1. The summed E-state index contributed by atoms with van der Waals surface area (Å²) in [7, 11) is 0. The van der Waals surface area contributed by atoms with Crippen LogP contribution in [-0.2, 0) is 6.42 Å². The third-order valence-electron chi connectivity index (χ3n) is 4.32. The average Bonchev–Trinajstić information content (AvgIpc) is 2.42. The molecule has 0 radical (unpaired) electrons. The summed E-state index contributed by atoms with van der Waals surface area (Å²) >= 11 is 0. The molecule has 0 aliphatic heterocycles. The van der Waals surface area contributed by atoms with Crippen LogP contribution in [0.4, 0.5) is 4.39 Å². The smallest absolute Gasteiger partial charge is 0.123 e. The topological polar surface area (TPSA) is 32.3 Å². The van der Waals surface area contributed by atoms with Gasteiger partial charge in [0.2, 0.25) is 0 Å². The Labute approximate surface area is 121 Å².